The molecule has 1 aromatic rings. The van der Waals surface area contributed by atoms with Crippen molar-refractivity contribution < 1.29 is 14.0 Å². The number of amides is 1. The molecule has 0 spiro atoms. The number of rotatable bonds is 4. The number of furan rings is 1. The third kappa shape index (κ3) is 2.73. The van der Waals surface area contributed by atoms with E-state index in [9.17, 15) is 4.79 Å². The largest absolute Gasteiger partial charge is 0.454 e. The molecule has 100 valence electrons. The van der Waals surface area contributed by atoms with Gasteiger partial charge in [0.05, 0.1) is 13.7 Å². The van der Waals surface area contributed by atoms with Crippen molar-refractivity contribution in [3.63, 3.8) is 0 Å². The van der Waals surface area contributed by atoms with Crippen LogP contribution in [0.2, 0.25) is 0 Å². The zero-order chi connectivity index (χ0) is 13.1. The standard InChI is InChI=1S/C13H20N2O3/c1-10-5-4-8-15(10)9-11-6-7-12(18-11)13(16)14(2)17-3/h6-7,10H,4-5,8-9H2,1-3H3. The Morgan fingerprint density at radius 3 is 3.00 bits per heavy atom. The highest BCUT2D eigenvalue weighted by Crippen LogP contribution is 2.20. The number of nitrogens with zero attached hydrogens (tertiary/aromatic N) is 2. The molecule has 1 aliphatic rings. The van der Waals surface area contributed by atoms with Crippen molar-refractivity contribution in [2.45, 2.75) is 32.4 Å². The molecular weight excluding hydrogens is 232 g/mol. The molecule has 0 N–H and O–H groups in total. The van der Waals surface area contributed by atoms with Crippen LogP contribution in [0.15, 0.2) is 16.5 Å². The SMILES string of the molecule is CON(C)C(=O)c1ccc(CN2CCCC2C)o1. The topological polar surface area (TPSA) is 45.9 Å². The van der Waals surface area contributed by atoms with Gasteiger partial charge in [0.25, 0.3) is 0 Å². The first-order chi connectivity index (χ1) is 8.61. The second-order valence-corrected chi connectivity index (χ2v) is 4.71. The van der Waals surface area contributed by atoms with Crippen LogP contribution in [0.1, 0.15) is 36.1 Å². The lowest BCUT2D eigenvalue weighted by Gasteiger charge is -2.19. The second-order valence-electron chi connectivity index (χ2n) is 4.71. The van der Waals surface area contributed by atoms with Crippen LogP contribution < -0.4 is 0 Å². The molecule has 0 radical (unpaired) electrons. The molecule has 1 aliphatic heterocycles. The van der Waals surface area contributed by atoms with Crippen LogP contribution in [0.25, 0.3) is 0 Å². The van der Waals surface area contributed by atoms with Gasteiger partial charge in [0, 0.05) is 13.1 Å². The van der Waals surface area contributed by atoms with Gasteiger partial charge < -0.3 is 4.42 Å². The Hall–Kier alpha value is -1.33. The molecule has 18 heavy (non-hydrogen) atoms. The Kier molecular flexibility index (Phi) is 4.04. The van der Waals surface area contributed by atoms with Crippen molar-refractivity contribution >= 4 is 5.91 Å². The van der Waals surface area contributed by atoms with E-state index in [0.29, 0.717) is 11.8 Å². The highest BCUT2D eigenvalue weighted by atomic mass is 16.7. The molecule has 1 amide bonds. The van der Waals surface area contributed by atoms with Crippen molar-refractivity contribution in [3.05, 3.63) is 23.7 Å². The highest BCUT2D eigenvalue weighted by molar-refractivity contribution is 5.90. The van der Waals surface area contributed by atoms with E-state index >= 15 is 0 Å². The molecule has 1 atom stereocenters. The molecule has 2 rings (SSSR count). The smallest absolute Gasteiger partial charge is 0.312 e. The number of hydrogen-bond acceptors (Lipinski definition) is 4. The summed E-state index contributed by atoms with van der Waals surface area (Å²) >= 11 is 0. The zero-order valence-corrected chi connectivity index (χ0v) is 11.2. The van der Waals surface area contributed by atoms with E-state index in [2.05, 4.69) is 11.8 Å². The molecule has 0 aromatic carbocycles. The fraction of sp³-hybridized carbons (Fsp3) is 0.615. The van der Waals surface area contributed by atoms with Gasteiger partial charge in [-0.25, -0.2) is 5.06 Å². The lowest BCUT2D eigenvalue weighted by Crippen LogP contribution is -2.26. The van der Waals surface area contributed by atoms with Crippen LogP contribution in [-0.4, -0.2) is 42.6 Å². The summed E-state index contributed by atoms with van der Waals surface area (Å²) in [5, 5.41) is 1.15. The summed E-state index contributed by atoms with van der Waals surface area (Å²) in [6.45, 7) is 4.09. The van der Waals surface area contributed by atoms with Gasteiger partial charge in [0.2, 0.25) is 0 Å². The Bertz CT molecular complexity index is 416. The van der Waals surface area contributed by atoms with Gasteiger partial charge in [-0.2, -0.15) is 0 Å². The Balaban J connectivity index is 1.99. The van der Waals surface area contributed by atoms with Gasteiger partial charge in [-0.3, -0.25) is 14.5 Å². The van der Waals surface area contributed by atoms with Crippen molar-refractivity contribution in [1.29, 1.82) is 0 Å². The molecular formula is C13H20N2O3. The van der Waals surface area contributed by atoms with Crippen molar-refractivity contribution in [1.82, 2.24) is 9.96 Å². The maximum atomic E-state index is 11.8. The second kappa shape index (κ2) is 5.54. The minimum atomic E-state index is -0.266. The predicted octanol–water partition coefficient (Wildman–Crippen LogP) is 1.90. The third-order valence-electron chi connectivity index (χ3n) is 3.48. The maximum Gasteiger partial charge on any atom is 0.312 e. The third-order valence-corrected chi connectivity index (χ3v) is 3.48. The van der Waals surface area contributed by atoms with Crippen LogP contribution in [0.3, 0.4) is 0 Å². The maximum absolute atomic E-state index is 11.8. The van der Waals surface area contributed by atoms with E-state index in [1.165, 1.54) is 20.0 Å². The number of likely N-dealkylation sites (tertiary alicyclic amines) is 1. The minimum Gasteiger partial charge on any atom is -0.454 e. The van der Waals surface area contributed by atoms with Gasteiger partial charge in [0.1, 0.15) is 5.76 Å². The summed E-state index contributed by atoms with van der Waals surface area (Å²) in [4.78, 5) is 19.0. The van der Waals surface area contributed by atoms with Crippen LogP contribution in [-0.2, 0) is 11.4 Å². The van der Waals surface area contributed by atoms with E-state index in [4.69, 9.17) is 9.25 Å². The Morgan fingerprint density at radius 2 is 2.39 bits per heavy atom. The number of carbonyl (C=O) groups excluding carboxylic acids is 1. The predicted molar refractivity (Wildman–Crippen MR) is 66.9 cm³/mol. The first-order valence-corrected chi connectivity index (χ1v) is 6.26. The number of hydroxylamine groups is 2. The molecule has 0 aliphatic carbocycles. The van der Waals surface area contributed by atoms with Gasteiger partial charge in [-0.15, -0.1) is 0 Å². The first kappa shape index (κ1) is 13.1. The minimum absolute atomic E-state index is 0.266. The summed E-state index contributed by atoms with van der Waals surface area (Å²) < 4.78 is 5.57. The lowest BCUT2D eigenvalue weighted by atomic mass is 10.2. The molecule has 0 bridgehead atoms. The highest BCUT2D eigenvalue weighted by Gasteiger charge is 2.22. The normalized spacial score (nSPS) is 20.3. The van der Waals surface area contributed by atoms with E-state index in [1.807, 2.05) is 6.07 Å². The van der Waals surface area contributed by atoms with E-state index in [0.717, 1.165) is 23.9 Å². The monoisotopic (exact) mass is 252 g/mol. The average Bonchev–Trinajstić information content (AvgIpc) is 2.98. The Labute approximate surface area is 107 Å². The molecule has 5 heteroatoms. The fourth-order valence-corrected chi connectivity index (χ4v) is 2.24. The molecule has 5 nitrogen and oxygen atoms in total. The van der Waals surface area contributed by atoms with Gasteiger partial charge >= 0.3 is 5.91 Å². The van der Waals surface area contributed by atoms with Crippen LogP contribution >= 0.6 is 0 Å². The van der Waals surface area contributed by atoms with Gasteiger partial charge in [-0.05, 0) is 38.4 Å². The van der Waals surface area contributed by atoms with Crippen LogP contribution in [0.4, 0.5) is 0 Å². The van der Waals surface area contributed by atoms with Gasteiger partial charge in [-0.1, -0.05) is 0 Å². The molecule has 2 heterocycles. The molecule has 1 fully saturated rings. The van der Waals surface area contributed by atoms with Crippen molar-refractivity contribution in [3.8, 4) is 0 Å². The lowest BCUT2D eigenvalue weighted by molar-refractivity contribution is -0.0774. The molecule has 0 saturated carbocycles. The summed E-state index contributed by atoms with van der Waals surface area (Å²) in [5.41, 5.74) is 0. The first-order valence-electron chi connectivity index (χ1n) is 6.26. The van der Waals surface area contributed by atoms with Crippen LogP contribution in [0, 0.1) is 0 Å². The fourth-order valence-electron chi connectivity index (χ4n) is 2.24. The number of carbonyl (C=O) groups is 1. The quantitative estimate of drug-likeness (QED) is 0.768. The van der Waals surface area contributed by atoms with E-state index in [-0.39, 0.29) is 5.91 Å². The van der Waals surface area contributed by atoms with Crippen molar-refractivity contribution in [2.75, 3.05) is 20.7 Å². The molecule has 1 unspecified atom stereocenters. The summed E-state index contributed by atoms with van der Waals surface area (Å²) in [5.74, 6) is 0.885. The van der Waals surface area contributed by atoms with E-state index in [1.54, 1.807) is 13.1 Å². The van der Waals surface area contributed by atoms with Crippen LogP contribution in [0.5, 0.6) is 0 Å². The summed E-state index contributed by atoms with van der Waals surface area (Å²) in [7, 11) is 3.01. The average molecular weight is 252 g/mol. The van der Waals surface area contributed by atoms with Crippen molar-refractivity contribution in [2.24, 2.45) is 0 Å². The zero-order valence-electron chi connectivity index (χ0n) is 11.2. The van der Waals surface area contributed by atoms with E-state index < -0.39 is 0 Å². The summed E-state index contributed by atoms with van der Waals surface area (Å²) in [6, 6.07) is 4.16. The number of hydrogen-bond donors (Lipinski definition) is 0. The van der Waals surface area contributed by atoms with Gasteiger partial charge in [0.15, 0.2) is 5.76 Å². The summed E-state index contributed by atoms with van der Waals surface area (Å²) in [6.07, 6.45) is 2.47. The Morgan fingerprint density at radius 1 is 1.61 bits per heavy atom. The molecule has 1 saturated heterocycles. The molecule has 1 aromatic heterocycles.